The van der Waals surface area contributed by atoms with Crippen LogP contribution in [0.25, 0.3) is 10.4 Å². The van der Waals surface area contributed by atoms with Crippen molar-refractivity contribution in [1.82, 2.24) is 0 Å². The van der Waals surface area contributed by atoms with Crippen LogP contribution in [0.4, 0.5) is 0 Å². The van der Waals surface area contributed by atoms with Crippen molar-refractivity contribution >= 4 is 13.6 Å². The first-order valence-electron chi connectivity index (χ1n) is 7.01. The van der Waals surface area contributed by atoms with E-state index in [0.717, 1.165) is 12.5 Å². The fourth-order valence-corrected chi connectivity index (χ4v) is 3.35. The van der Waals surface area contributed by atoms with Gasteiger partial charge in [-0.05, 0) is 11.1 Å². The Labute approximate surface area is 140 Å². The van der Waals surface area contributed by atoms with E-state index in [1.54, 1.807) is 0 Å². The van der Waals surface area contributed by atoms with Crippen LogP contribution in [-0.2, 0) is 34.5 Å². The highest BCUT2D eigenvalue weighted by Gasteiger charge is 2.43. The number of hydrogen-bond donors (Lipinski definition) is 0. The number of azide groups is 1. The van der Waals surface area contributed by atoms with E-state index in [1.807, 2.05) is 30.3 Å². The van der Waals surface area contributed by atoms with Crippen LogP contribution in [0, 0.1) is 0 Å². The van der Waals surface area contributed by atoms with Crippen molar-refractivity contribution in [3.8, 4) is 0 Å². The molecule has 1 aromatic carbocycles. The van der Waals surface area contributed by atoms with Gasteiger partial charge >= 0.3 is 13.6 Å². The number of nitrogens with zero attached hydrogens (tertiary/aromatic N) is 3. The predicted octanol–water partition coefficient (Wildman–Crippen LogP) is 3.26. The molecule has 0 aliphatic rings. The van der Waals surface area contributed by atoms with E-state index in [9.17, 15) is 9.36 Å². The normalized spacial score (nSPS) is 13.6. The third kappa shape index (κ3) is 5.96. The summed E-state index contributed by atoms with van der Waals surface area (Å²) >= 11 is 0. The second-order valence-electron chi connectivity index (χ2n) is 4.65. The number of carbonyl (C=O) groups excluding carboxylic acids is 1. The Morgan fingerprint density at radius 3 is 2.42 bits per heavy atom. The molecule has 1 aromatic rings. The standard InChI is InChI=1S/C14H20N3O6P/c1-11(18)23-14(24(19,20-2)21-3)13(9-16-17-15)22-10-12-7-5-4-6-8-12/h4-8,13-14H,9-10H2,1-3H3/t13-,14-/m0/s1. The van der Waals surface area contributed by atoms with Crippen molar-refractivity contribution in [2.75, 3.05) is 20.8 Å². The van der Waals surface area contributed by atoms with E-state index >= 15 is 0 Å². The molecule has 0 N–H and O–H groups in total. The van der Waals surface area contributed by atoms with Crippen molar-refractivity contribution in [1.29, 1.82) is 0 Å². The van der Waals surface area contributed by atoms with Gasteiger partial charge in [-0.3, -0.25) is 9.36 Å². The first-order chi connectivity index (χ1) is 11.5. The van der Waals surface area contributed by atoms with Crippen LogP contribution < -0.4 is 0 Å². The molecule has 2 atom stereocenters. The summed E-state index contributed by atoms with van der Waals surface area (Å²) in [5.41, 5.74) is 9.39. The molecule has 24 heavy (non-hydrogen) atoms. The molecule has 0 unspecified atom stereocenters. The second-order valence-corrected chi connectivity index (χ2v) is 6.97. The zero-order chi connectivity index (χ0) is 18.0. The van der Waals surface area contributed by atoms with Gasteiger partial charge in [0.2, 0.25) is 5.85 Å². The maximum Gasteiger partial charge on any atom is 0.373 e. The summed E-state index contributed by atoms with van der Waals surface area (Å²) in [7, 11) is -1.48. The van der Waals surface area contributed by atoms with Gasteiger partial charge in [-0.2, -0.15) is 0 Å². The van der Waals surface area contributed by atoms with Crippen LogP contribution in [0.3, 0.4) is 0 Å². The number of ether oxygens (including phenoxy) is 2. The third-order valence-electron chi connectivity index (χ3n) is 3.06. The summed E-state index contributed by atoms with van der Waals surface area (Å²) < 4.78 is 33.2. The van der Waals surface area contributed by atoms with Crippen molar-refractivity contribution < 1.29 is 27.9 Å². The average Bonchev–Trinajstić information content (AvgIpc) is 2.60. The van der Waals surface area contributed by atoms with Gasteiger partial charge in [0.1, 0.15) is 6.10 Å². The minimum absolute atomic E-state index is 0.137. The Balaban J connectivity index is 3.03. The molecule has 10 heteroatoms. The second kappa shape index (κ2) is 10.1. The van der Waals surface area contributed by atoms with Gasteiger partial charge < -0.3 is 18.5 Å². The molecule has 0 aromatic heterocycles. The first-order valence-corrected chi connectivity index (χ1v) is 8.62. The number of carbonyl (C=O) groups is 1. The molecular formula is C14H20N3O6P. The Hall–Kier alpha value is -1.89. The topological polar surface area (TPSA) is 120 Å². The van der Waals surface area contributed by atoms with E-state index in [4.69, 9.17) is 24.1 Å². The highest BCUT2D eigenvalue weighted by molar-refractivity contribution is 7.54. The number of rotatable bonds is 10. The predicted molar refractivity (Wildman–Crippen MR) is 86.2 cm³/mol. The Morgan fingerprint density at radius 2 is 1.92 bits per heavy atom. The molecule has 0 spiro atoms. The van der Waals surface area contributed by atoms with Gasteiger partial charge in [0, 0.05) is 26.1 Å². The van der Waals surface area contributed by atoms with Gasteiger partial charge in [0.15, 0.2) is 0 Å². The highest BCUT2D eigenvalue weighted by atomic mass is 31.2. The maximum atomic E-state index is 12.7. The lowest BCUT2D eigenvalue weighted by molar-refractivity contribution is -0.150. The van der Waals surface area contributed by atoms with Crippen LogP contribution in [0.5, 0.6) is 0 Å². The minimum atomic E-state index is -3.81. The van der Waals surface area contributed by atoms with Gasteiger partial charge in [-0.1, -0.05) is 35.4 Å². The molecule has 0 radical (unpaired) electrons. The average molecular weight is 357 g/mol. The molecule has 0 heterocycles. The summed E-state index contributed by atoms with van der Waals surface area (Å²) in [5.74, 6) is -2.05. The Morgan fingerprint density at radius 1 is 1.29 bits per heavy atom. The summed E-state index contributed by atoms with van der Waals surface area (Å²) in [6, 6.07) is 9.18. The molecule has 0 saturated carbocycles. The van der Waals surface area contributed by atoms with Gasteiger partial charge in [-0.15, -0.1) is 0 Å². The van der Waals surface area contributed by atoms with Gasteiger partial charge in [-0.25, -0.2) is 0 Å². The number of benzene rings is 1. The van der Waals surface area contributed by atoms with Crippen molar-refractivity contribution in [2.24, 2.45) is 5.11 Å². The minimum Gasteiger partial charge on any atom is -0.447 e. The van der Waals surface area contributed by atoms with E-state index in [-0.39, 0.29) is 13.2 Å². The summed E-state index contributed by atoms with van der Waals surface area (Å²) in [6.45, 7) is 1.08. The van der Waals surface area contributed by atoms with Crippen LogP contribution in [0.15, 0.2) is 35.4 Å². The summed E-state index contributed by atoms with van der Waals surface area (Å²) in [5, 5.41) is 3.43. The largest absolute Gasteiger partial charge is 0.447 e. The molecule has 0 amide bonds. The lowest BCUT2D eigenvalue weighted by Gasteiger charge is -2.29. The zero-order valence-electron chi connectivity index (χ0n) is 13.7. The van der Waals surface area contributed by atoms with Gasteiger partial charge in [0.25, 0.3) is 0 Å². The lowest BCUT2D eigenvalue weighted by atomic mass is 10.2. The molecular weight excluding hydrogens is 337 g/mol. The lowest BCUT2D eigenvalue weighted by Crippen LogP contribution is -2.36. The van der Waals surface area contributed by atoms with Crippen LogP contribution in [-0.4, -0.2) is 38.7 Å². The molecule has 0 saturated heterocycles. The van der Waals surface area contributed by atoms with Crippen LogP contribution in [0.2, 0.25) is 0 Å². The SMILES string of the molecule is COP(=O)(OC)[C@H](OC(C)=O)[C@H](CN=[N+]=[N-])OCc1ccccc1. The van der Waals surface area contributed by atoms with E-state index < -0.39 is 25.5 Å². The molecule has 0 aliphatic heterocycles. The highest BCUT2D eigenvalue weighted by Crippen LogP contribution is 2.54. The number of esters is 1. The molecule has 132 valence electrons. The molecule has 0 fully saturated rings. The van der Waals surface area contributed by atoms with Crippen LogP contribution in [0.1, 0.15) is 12.5 Å². The molecule has 0 aliphatic carbocycles. The summed E-state index contributed by atoms with van der Waals surface area (Å²) in [6.07, 6.45) is -1.00. The van der Waals surface area contributed by atoms with Crippen molar-refractivity contribution in [3.05, 3.63) is 46.3 Å². The fourth-order valence-electron chi connectivity index (χ4n) is 1.92. The van der Waals surface area contributed by atoms with E-state index in [1.165, 1.54) is 14.2 Å². The quantitative estimate of drug-likeness (QED) is 0.208. The Bertz CT molecular complexity index is 612. The zero-order valence-corrected chi connectivity index (χ0v) is 14.6. The fraction of sp³-hybridized carbons (Fsp3) is 0.500. The maximum absolute atomic E-state index is 12.7. The van der Waals surface area contributed by atoms with Crippen LogP contribution >= 0.6 is 7.60 Å². The monoisotopic (exact) mass is 357 g/mol. The summed E-state index contributed by atoms with van der Waals surface area (Å²) in [4.78, 5) is 14.0. The van der Waals surface area contributed by atoms with Gasteiger partial charge in [0.05, 0.1) is 13.2 Å². The molecule has 1 rings (SSSR count). The third-order valence-corrected chi connectivity index (χ3v) is 5.14. The smallest absolute Gasteiger partial charge is 0.373 e. The molecule has 9 nitrogen and oxygen atoms in total. The number of hydrogen-bond acceptors (Lipinski definition) is 7. The van der Waals surface area contributed by atoms with E-state index in [0.29, 0.717) is 0 Å². The van der Waals surface area contributed by atoms with Crippen molar-refractivity contribution in [3.63, 3.8) is 0 Å². The molecule has 0 bridgehead atoms. The Kier molecular flexibility index (Phi) is 8.46. The first kappa shape index (κ1) is 20.2. The van der Waals surface area contributed by atoms with Crippen molar-refractivity contribution in [2.45, 2.75) is 25.5 Å². The van der Waals surface area contributed by atoms with E-state index in [2.05, 4.69) is 10.0 Å².